The zero-order valence-electron chi connectivity index (χ0n) is 10.9. The van der Waals surface area contributed by atoms with Crippen molar-refractivity contribution in [3.63, 3.8) is 0 Å². The summed E-state index contributed by atoms with van der Waals surface area (Å²) in [6, 6.07) is 7.56. The van der Waals surface area contributed by atoms with E-state index in [1.54, 1.807) is 4.57 Å². The summed E-state index contributed by atoms with van der Waals surface area (Å²) in [6.45, 7) is 3.20. The van der Waals surface area contributed by atoms with E-state index in [0.29, 0.717) is 6.54 Å². The number of hydrogen-bond donors (Lipinski definition) is 1. The minimum absolute atomic E-state index is 0.140. The molecule has 3 aromatic rings. The smallest absolute Gasteiger partial charge is 0.269 e. The Kier molecular flexibility index (Phi) is 3.42. The van der Waals surface area contributed by atoms with E-state index in [1.165, 1.54) is 17.7 Å². The van der Waals surface area contributed by atoms with Crippen LogP contribution in [0.2, 0.25) is 0 Å². The first-order valence-electron chi connectivity index (χ1n) is 6.29. The van der Waals surface area contributed by atoms with Gasteiger partial charge < -0.3 is 5.32 Å². The normalized spacial score (nSPS) is 10.8. The molecular formula is C13H13N5OS. The molecule has 0 atom stereocenters. The summed E-state index contributed by atoms with van der Waals surface area (Å²) in [7, 11) is 0. The number of nitrogens with one attached hydrogen (secondary N) is 1. The van der Waals surface area contributed by atoms with Gasteiger partial charge in [0.2, 0.25) is 0 Å². The molecule has 7 heteroatoms. The summed E-state index contributed by atoms with van der Waals surface area (Å²) in [5, 5.41) is 8.21. The Morgan fingerprint density at radius 1 is 1.35 bits per heavy atom. The second-order valence-electron chi connectivity index (χ2n) is 4.25. The number of rotatable bonds is 4. The highest BCUT2D eigenvalue weighted by atomic mass is 32.1. The first kappa shape index (κ1) is 12.7. The lowest BCUT2D eigenvalue weighted by molar-refractivity contribution is 0.760. The van der Waals surface area contributed by atoms with E-state index >= 15 is 0 Å². The van der Waals surface area contributed by atoms with E-state index in [0.717, 1.165) is 28.3 Å². The molecule has 0 radical (unpaired) electrons. The third-order valence-electron chi connectivity index (χ3n) is 2.95. The zero-order valence-corrected chi connectivity index (χ0v) is 11.7. The van der Waals surface area contributed by atoms with Gasteiger partial charge in [-0.05, 0) is 19.1 Å². The van der Waals surface area contributed by atoms with Gasteiger partial charge in [-0.15, -0.1) is 5.10 Å². The number of aromatic nitrogens is 4. The number of benzene rings is 1. The van der Waals surface area contributed by atoms with Gasteiger partial charge in [0.25, 0.3) is 5.56 Å². The van der Waals surface area contributed by atoms with Gasteiger partial charge in [-0.1, -0.05) is 16.6 Å². The van der Waals surface area contributed by atoms with E-state index in [-0.39, 0.29) is 5.56 Å². The van der Waals surface area contributed by atoms with Crippen molar-refractivity contribution >= 4 is 27.6 Å². The second kappa shape index (κ2) is 5.38. The zero-order chi connectivity index (χ0) is 13.9. The van der Waals surface area contributed by atoms with E-state index < -0.39 is 0 Å². The van der Waals surface area contributed by atoms with Crippen LogP contribution in [0.25, 0.3) is 11.0 Å². The molecule has 6 nitrogen and oxygen atoms in total. The largest absolute Gasteiger partial charge is 0.374 e. The fraction of sp³-hybridized carbons (Fsp3) is 0.231. The molecule has 0 bridgehead atoms. The lowest BCUT2D eigenvalue weighted by Crippen LogP contribution is -2.21. The minimum atomic E-state index is -0.140. The van der Waals surface area contributed by atoms with Crippen molar-refractivity contribution < 1.29 is 0 Å². The van der Waals surface area contributed by atoms with Gasteiger partial charge in [0.05, 0.1) is 23.8 Å². The van der Waals surface area contributed by atoms with Crippen molar-refractivity contribution in [1.82, 2.24) is 19.1 Å². The van der Waals surface area contributed by atoms with Crippen molar-refractivity contribution in [2.75, 3.05) is 11.9 Å². The van der Waals surface area contributed by atoms with Crippen LogP contribution in [-0.2, 0) is 6.54 Å². The van der Waals surface area contributed by atoms with Gasteiger partial charge >= 0.3 is 0 Å². The lowest BCUT2D eigenvalue weighted by atomic mass is 10.3. The van der Waals surface area contributed by atoms with E-state index in [9.17, 15) is 4.79 Å². The predicted octanol–water partition coefficient (Wildman–Crippen LogP) is 1.73. The summed E-state index contributed by atoms with van der Waals surface area (Å²) < 4.78 is 5.61. The molecule has 0 unspecified atom stereocenters. The number of anilines is 1. The van der Waals surface area contributed by atoms with Crippen molar-refractivity contribution in [2.45, 2.75) is 13.5 Å². The number of fused-ring (bicyclic) bond motifs is 1. The summed E-state index contributed by atoms with van der Waals surface area (Å²) in [6.07, 6.45) is 1.34. The van der Waals surface area contributed by atoms with Crippen LogP contribution >= 0.6 is 11.5 Å². The van der Waals surface area contributed by atoms with Crippen LogP contribution in [-0.4, -0.2) is 25.7 Å². The van der Waals surface area contributed by atoms with Crippen LogP contribution in [0, 0.1) is 0 Å². The Hall–Kier alpha value is -2.28. The van der Waals surface area contributed by atoms with Crippen molar-refractivity contribution in [2.24, 2.45) is 0 Å². The average Bonchev–Trinajstić information content (AvgIpc) is 2.90. The van der Waals surface area contributed by atoms with E-state index in [4.69, 9.17) is 0 Å². The summed E-state index contributed by atoms with van der Waals surface area (Å²) >= 11 is 1.30. The molecule has 0 saturated carbocycles. The van der Waals surface area contributed by atoms with Gasteiger partial charge in [0, 0.05) is 18.1 Å². The number of nitrogens with zero attached hydrogens (tertiary/aromatic N) is 4. The Balaban J connectivity index is 2.08. The summed E-state index contributed by atoms with van der Waals surface area (Å²) in [5.74, 6) is 0. The highest BCUT2D eigenvalue weighted by Crippen LogP contribution is 2.19. The Morgan fingerprint density at radius 3 is 3.05 bits per heavy atom. The highest BCUT2D eigenvalue weighted by Gasteiger charge is 2.11. The van der Waals surface area contributed by atoms with Gasteiger partial charge in [0.1, 0.15) is 10.7 Å². The fourth-order valence-electron chi connectivity index (χ4n) is 2.03. The first-order chi connectivity index (χ1) is 9.79. The van der Waals surface area contributed by atoms with Crippen LogP contribution in [0.5, 0.6) is 0 Å². The average molecular weight is 287 g/mol. The summed E-state index contributed by atoms with van der Waals surface area (Å²) in [4.78, 5) is 16.2. The molecule has 102 valence electrons. The number of hydrogen-bond acceptors (Lipinski definition) is 6. The molecule has 0 saturated heterocycles. The van der Waals surface area contributed by atoms with Crippen LogP contribution in [0.3, 0.4) is 0 Å². The standard InChI is InChI=1S/C13H13N5OS/c1-2-14-13-10(16-17-20-13)8-18-11-6-4-3-5-9(11)15-7-12(18)19/h3-7,14H,2,8H2,1H3. The minimum Gasteiger partial charge on any atom is -0.374 e. The van der Waals surface area contributed by atoms with Gasteiger partial charge in [-0.3, -0.25) is 9.36 Å². The van der Waals surface area contributed by atoms with Crippen LogP contribution in [0.1, 0.15) is 12.6 Å². The maximum Gasteiger partial charge on any atom is 0.269 e. The second-order valence-corrected chi connectivity index (χ2v) is 5.00. The maximum atomic E-state index is 12.1. The predicted molar refractivity (Wildman–Crippen MR) is 79.2 cm³/mol. The lowest BCUT2D eigenvalue weighted by Gasteiger charge is -2.08. The molecule has 2 aromatic heterocycles. The van der Waals surface area contributed by atoms with Crippen LogP contribution in [0.4, 0.5) is 5.00 Å². The summed E-state index contributed by atoms with van der Waals surface area (Å²) in [5.41, 5.74) is 2.23. The van der Waals surface area contributed by atoms with Crippen molar-refractivity contribution in [1.29, 1.82) is 0 Å². The third kappa shape index (κ3) is 2.27. The highest BCUT2D eigenvalue weighted by molar-refractivity contribution is 7.10. The topological polar surface area (TPSA) is 72.7 Å². The quantitative estimate of drug-likeness (QED) is 0.791. The molecule has 0 aliphatic rings. The molecule has 1 aromatic carbocycles. The molecule has 2 heterocycles. The molecule has 0 aliphatic heterocycles. The van der Waals surface area contributed by atoms with Crippen LogP contribution in [0.15, 0.2) is 35.3 Å². The Morgan fingerprint density at radius 2 is 2.20 bits per heavy atom. The first-order valence-corrected chi connectivity index (χ1v) is 7.06. The SMILES string of the molecule is CCNc1snnc1Cn1c(=O)cnc2ccccc21. The number of para-hydroxylation sites is 2. The van der Waals surface area contributed by atoms with Crippen molar-refractivity contribution in [3.8, 4) is 0 Å². The molecule has 0 spiro atoms. The maximum absolute atomic E-state index is 12.1. The van der Waals surface area contributed by atoms with Gasteiger partial charge in [-0.25, -0.2) is 4.98 Å². The third-order valence-corrected chi connectivity index (χ3v) is 3.68. The Bertz CT molecular complexity index is 795. The molecule has 20 heavy (non-hydrogen) atoms. The molecule has 1 N–H and O–H groups in total. The molecule has 0 fully saturated rings. The van der Waals surface area contributed by atoms with Crippen LogP contribution < -0.4 is 10.9 Å². The fourth-order valence-corrected chi connectivity index (χ4v) is 2.68. The molecular weight excluding hydrogens is 274 g/mol. The van der Waals surface area contributed by atoms with Gasteiger partial charge in [-0.2, -0.15) is 0 Å². The van der Waals surface area contributed by atoms with E-state index in [1.807, 2.05) is 31.2 Å². The van der Waals surface area contributed by atoms with Crippen molar-refractivity contribution in [3.05, 3.63) is 46.5 Å². The molecule has 0 amide bonds. The van der Waals surface area contributed by atoms with Gasteiger partial charge in [0.15, 0.2) is 0 Å². The molecule has 0 aliphatic carbocycles. The van der Waals surface area contributed by atoms with E-state index in [2.05, 4.69) is 19.9 Å². The molecule has 3 rings (SSSR count). The Labute approximate surface area is 119 Å². The monoisotopic (exact) mass is 287 g/mol.